The number of amides is 4. The monoisotopic (exact) mass is 861 g/mol. The van der Waals surface area contributed by atoms with Gasteiger partial charge in [-0.1, -0.05) is 12.1 Å². The van der Waals surface area contributed by atoms with Gasteiger partial charge in [0, 0.05) is 79.6 Å². The molecule has 328 valence electrons. The second-order valence-corrected chi connectivity index (χ2v) is 16.5. The summed E-state index contributed by atoms with van der Waals surface area (Å²) in [6, 6.07) is 3.26. The lowest BCUT2D eigenvalue weighted by atomic mass is 9.72. The minimum atomic E-state index is -2.36. The van der Waals surface area contributed by atoms with Crippen molar-refractivity contribution in [3.63, 3.8) is 0 Å². The van der Waals surface area contributed by atoms with Crippen LogP contribution >= 0.6 is 0 Å². The Morgan fingerprint density at radius 1 is 0.952 bits per heavy atom. The Hall–Kier alpha value is -5.45. The van der Waals surface area contributed by atoms with E-state index in [1.807, 2.05) is 4.90 Å². The van der Waals surface area contributed by atoms with Crippen LogP contribution < -0.4 is 4.74 Å². The third-order valence-electron chi connectivity index (χ3n) is 13.1. The molecule has 5 heterocycles. The van der Waals surface area contributed by atoms with Gasteiger partial charge in [0.1, 0.15) is 42.2 Å². The second-order valence-electron chi connectivity index (χ2n) is 16.5. The Morgan fingerprint density at radius 3 is 2.37 bits per heavy atom. The number of carbonyl (C=O) groups excluding carboxylic acids is 7. The number of aliphatic hydroxyl groups is 2. The van der Waals surface area contributed by atoms with Crippen LogP contribution in [-0.4, -0.2) is 159 Å². The fourth-order valence-electron chi connectivity index (χ4n) is 10.2. The van der Waals surface area contributed by atoms with Crippen LogP contribution in [0.1, 0.15) is 81.7 Å². The van der Waals surface area contributed by atoms with Crippen molar-refractivity contribution < 1.29 is 82.4 Å². The van der Waals surface area contributed by atoms with Gasteiger partial charge in [-0.15, -0.1) is 0 Å². The molecule has 4 N–H and O–H groups in total. The Kier molecular flexibility index (Phi) is 10.4. The first kappa shape index (κ1) is 41.9. The smallest absolute Gasteiger partial charge is 0.255 e. The molecule has 0 bridgehead atoms. The van der Waals surface area contributed by atoms with Crippen molar-refractivity contribution in [2.24, 2.45) is 5.92 Å². The summed E-state index contributed by atoms with van der Waals surface area (Å²) in [6.07, 6.45) is -4.72. The summed E-state index contributed by atoms with van der Waals surface area (Å²) in [6.45, 7) is 0.188. The van der Waals surface area contributed by atoms with Gasteiger partial charge in [-0.3, -0.25) is 48.3 Å². The molecule has 0 spiro atoms. The topological polar surface area (TPSA) is 266 Å². The molecular weight excluding hydrogens is 818 g/mol. The molecule has 2 unspecified atom stereocenters. The van der Waals surface area contributed by atoms with E-state index in [4.69, 9.17) is 28.4 Å². The van der Waals surface area contributed by atoms with Crippen LogP contribution in [-0.2, 0) is 54.1 Å². The number of carbonyl (C=O) groups is 7. The molecule has 0 saturated carbocycles. The van der Waals surface area contributed by atoms with E-state index in [1.54, 1.807) is 6.92 Å². The van der Waals surface area contributed by atoms with Crippen molar-refractivity contribution >= 4 is 41.0 Å². The molecular formula is C42H43N3O17. The molecule has 5 aliphatic heterocycles. The quantitative estimate of drug-likeness (QED) is 0.151. The standard InChI is InChI=1S/C42H43N3O17/c1-17-38-22(45-19(15-59-41(58-3)40(45)62-38)9-18-10-28(50)44(39(18)55)16-43-26(48)7-8-27(43)49)11-29(60-17)61-24-13-42(56,25(47)14-46)12-21-31(24)37(54)33-32(35(21)52)34(51)20-5-4-6-23(57-2)30(20)36(33)53/h4-8,17-19,22,24,29,38,40-41,46,52,54,56H,9-16H2,1-3H3/t17-,18?,19?,22-,24-,29-,38+,40+,41-,42-/m0/s1. The normalized spacial score (nSPS) is 32.8. The number of likely N-dealkylation sites (tertiary alicyclic amines) is 1. The highest BCUT2D eigenvalue weighted by atomic mass is 16.7. The van der Waals surface area contributed by atoms with Gasteiger partial charge in [0.15, 0.2) is 30.4 Å². The van der Waals surface area contributed by atoms with E-state index in [0.717, 1.165) is 22.0 Å². The van der Waals surface area contributed by atoms with Crippen molar-refractivity contribution in [1.29, 1.82) is 0 Å². The maximum Gasteiger partial charge on any atom is 0.255 e. The predicted octanol–water partition coefficient (Wildman–Crippen LogP) is -0.272. The molecule has 10 atom stereocenters. The zero-order chi connectivity index (χ0) is 44.1. The molecule has 2 aromatic rings. The maximum atomic E-state index is 14.1. The van der Waals surface area contributed by atoms with Crippen molar-refractivity contribution in [3.05, 3.63) is 63.7 Å². The summed E-state index contributed by atoms with van der Waals surface area (Å²) in [5.74, 6) is -7.27. The SMILES string of the molecule is COc1cccc2c1C(=O)c1c(O)c3c(c(O)c1C2=O)C[C@@](O)(C(=O)CO)C[C@@H]3O[C@H]1C[C@H]2[C@H](O[C@@H]3[C@@H](OC)OCC(CC4CC(=O)N(CN5C(=O)C=CC5=O)C4=O)N32)[C@H](C)O1. The molecule has 4 saturated heterocycles. The highest BCUT2D eigenvalue weighted by Gasteiger charge is 2.58. The zero-order valence-corrected chi connectivity index (χ0v) is 33.7. The lowest BCUT2D eigenvalue weighted by molar-refractivity contribution is -0.263. The fraction of sp³-hybridized carbons (Fsp3) is 0.500. The minimum absolute atomic E-state index is 0.0478. The molecule has 0 aromatic heterocycles. The molecule has 9 rings (SSSR count). The molecule has 20 heteroatoms. The van der Waals surface area contributed by atoms with Gasteiger partial charge in [-0.2, -0.15) is 0 Å². The number of ether oxygens (including phenoxy) is 6. The van der Waals surface area contributed by atoms with E-state index in [0.29, 0.717) is 0 Å². The zero-order valence-electron chi connectivity index (χ0n) is 33.7. The molecule has 20 nitrogen and oxygen atoms in total. The van der Waals surface area contributed by atoms with E-state index in [-0.39, 0.29) is 53.9 Å². The van der Waals surface area contributed by atoms with E-state index >= 15 is 0 Å². The minimum Gasteiger partial charge on any atom is -0.507 e. The number of morpholine rings is 1. The van der Waals surface area contributed by atoms with Crippen LogP contribution in [0.5, 0.6) is 17.2 Å². The van der Waals surface area contributed by atoms with Gasteiger partial charge in [0.2, 0.25) is 17.6 Å². The Labute approximate surface area is 352 Å². The van der Waals surface area contributed by atoms with E-state index in [2.05, 4.69) is 0 Å². The molecule has 2 aliphatic carbocycles. The van der Waals surface area contributed by atoms with Crippen molar-refractivity contribution in [2.45, 2.75) is 93.8 Å². The Morgan fingerprint density at radius 2 is 1.68 bits per heavy atom. The number of hydrogen-bond donors (Lipinski definition) is 4. The molecule has 2 aromatic carbocycles. The third-order valence-corrected chi connectivity index (χ3v) is 13.1. The Balaban J connectivity index is 1.02. The first-order valence-electron chi connectivity index (χ1n) is 20.1. The first-order valence-corrected chi connectivity index (χ1v) is 20.1. The average Bonchev–Trinajstić information content (AvgIpc) is 3.89. The molecule has 62 heavy (non-hydrogen) atoms. The number of fused-ring (bicyclic) bond motifs is 6. The average molecular weight is 862 g/mol. The summed E-state index contributed by atoms with van der Waals surface area (Å²) in [5.41, 5.74) is -4.03. The molecule has 0 radical (unpaired) electrons. The fourth-order valence-corrected chi connectivity index (χ4v) is 10.2. The maximum absolute atomic E-state index is 14.1. The van der Waals surface area contributed by atoms with Gasteiger partial charge in [0.05, 0.1) is 42.6 Å². The summed E-state index contributed by atoms with van der Waals surface area (Å²) >= 11 is 0. The van der Waals surface area contributed by atoms with Gasteiger partial charge < -0.3 is 48.8 Å². The number of aromatic hydroxyl groups is 2. The lowest BCUT2D eigenvalue weighted by Gasteiger charge is -2.46. The summed E-state index contributed by atoms with van der Waals surface area (Å²) in [4.78, 5) is 96.0. The second kappa shape index (κ2) is 15.4. The highest BCUT2D eigenvalue weighted by Crippen LogP contribution is 2.53. The highest BCUT2D eigenvalue weighted by molar-refractivity contribution is 6.31. The number of imide groups is 2. The van der Waals surface area contributed by atoms with Gasteiger partial charge in [-0.25, -0.2) is 0 Å². The van der Waals surface area contributed by atoms with Crippen molar-refractivity contribution in [3.8, 4) is 17.2 Å². The van der Waals surface area contributed by atoms with Crippen molar-refractivity contribution in [2.75, 3.05) is 34.1 Å². The molecule has 7 aliphatic rings. The summed E-state index contributed by atoms with van der Waals surface area (Å²) in [7, 11) is 2.75. The number of nitrogens with zero attached hydrogens (tertiary/aromatic N) is 3. The number of benzene rings is 2. The largest absolute Gasteiger partial charge is 0.507 e. The number of rotatable bonds is 10. The van der Waals surface area contributed by atoms with Gasteiger partial charge in [-0.05, 0) is 19.4 Å². The number of phenols is 2. The van der Waals surface area contributed by atoms with E-state index in [9.17, 15) is 54.0 Å². The van der Waals surface area contributed by atoms with Gasteiger partial charge >= 0.3 is 0 Å². The van der Waals surface area contributed by atoms with Gasteiger partial charge in [0.25, 0.3) is 11.8 Å². The van der Waals surface area contributed by atoms with Crippen LogP contribution in [0, 0.1) is 5.92 Å². The number of Topliss-reactive ketones (excluding diaryl/α,β-unsaturated/α-hetero) is 1. The van der Waals surface area contributed by atoms with Crippen LogP contribution in [0.4, 0.5) is 0 Å². The van der Waals surface area contributed by atoms with Crippen LogP contribution in [0.25, 0.3) is 0 Å². The van der Waals surface area contributed by atoms with Crippen LogP contribution in [0.2, 0.25) is 0 Å². The third kappa shape index (κ3) is 6.38. The summed E-state index contributed by atoms with van der Waals surface area (Å²) < 4.78 is 36.3. The van der Waals surface area contributed by atoms with Crippen molar-refractivity contribution in [1.82, 2.24) is 14.7 Å². The van der Waals surface area contributed by atoms with Crippen LogP contribution in [0.3, 0.4) is 0 Å². The number of ketones is 3. The Bertz CT molecular complexity index is 2350. The van der Waals surface area contributed by atoms with E-state index < -0.39 is 150 Å². The lowest BCUT2D eigenvalue weighted by Crippen LogP contribution is -2.60. The predicted molar refractivity (Wildman–Crippen MR) is 203 cm³/mol. The number of phenolic OH excluding ortho intramolecular Hbond substituents is 2. The first-order chi connectivity index (χ1) is 29.6. The number of methoxy groups -OCH3 is 2. The summed E-state index contributed by atoms with van der Waals surface area (Å²) in [5, 5.41) is 45.4. The van der Waals surface area contributed by atoms with Crippen LogP contribution in [0.15, 0.2) is 30.4 Å². The number of aliphatic hydroxyl groups excluding tert-OH is 1. The number of hydrogen-bond acceptors (Lipinski definition) is 18. The van der Waals surface area contributed by atoms with E-state index in [1.165, 1.54) is 32.4 Å². The molecule has 4 fully saturated rings. The molecule has 4 amide bonds.